The summed E-state index contributed by atoms with van der Waals surface area (Å²) >= 11 is 0. The van der Waals surface area contributed by atoms with Crippen molar-refractivity contribution in [2.75, 3.05) is 0 Å². The Hall–Kier alpha value is -2.94. The van der Waals surface area contributed by atoms with Gasteiger partial charge in [0.05, 0.1) is 0 Å². The van der Waals surface area contributed by atoms with Crippen LogP contribution >= 0.6 is 0 Å². The van der Waals surface area contributed by atoms with Crippen molar-refractivity contribution in [2.45, 2.75) is 64.7 Å². The average Bonchev–Trinajstić information content (AvgIpc) is 2.78. The molecule has 0 spiro atoms. The van der Waals surface area contributed by atoms with E-state index < -0.39 is 5.97 Å². The van der Waals surface area contributed by atoms with Crippen LogP contribution < -0.4 is 0 Å². The van der Waals surface area contributed by atoms with Crippen LogP contribution in [0.4, 0.5) is 0 Å². The van der Waals surface area contributed by atoms with Crippen LogP contribution in [0.25, 0.3) is 0 Å². The van der Waals surface area contributed by atoms with Crippen molar-refractivity contribution in [3.63, 3.8) is 0 Å². The zero-order valence-electron chi connectivity index (χ0n) is 18.8. The number of aliphatic carboxylic acids is 1. The van der Waals surface area contributed by atoms with E-state index in [4.69, 9.17) is 0 Å². The average molecular weight is 420 g/mol. The Balaban J connectivity index is 2.22. The molecule has 1 N–H and O–H groups in total. The summed E-state index contributed by atoms with van der Waals surface area (Å²) in [6.45, 7) is 2.25. The molecule has 0 aromatic carbocycles. The van der Waals surface area contributed by atoms with Crippen LogP contribution in [0, 0.1) is 0 Å². The standard InChI is InChI=1S/C28H37NO2/c1-2-3-4-5-6-7-8-9-10-11-12-13-14-15-16-17-18-19-22-27(28(30)31)24-26-21-20-23-29-25-26/h10-23,25H,2-9,24H2,1H3,(H,30,31)/b11-10+,13-12+,15-14+,17-16+,19-18+,27-22+. The molecule has 3 heteroatoms. The summed E-state index contributed by atoms with van der Waals surface area (Å²) in [6, 6.07) is 3.68. The van der Waals surface area contributed by atoms with Crippen LogP contribution in [0.2, 0.25) is 0 Å². The van der Waals surface area contributed by atoms with Crippen LogP contribution in [0.3, 0.4) is 0 Å². The van der Waals surface area contributed by atoms with Crippen LogP contribution in [0.15, 0.2) is 96.9 Å². The van der Waals surface area contributed by atoms with Gasteiger partial charge >= 0.3 is 5.97 Å². The van der Waals surface area contributed by atoms with E-state index in [-0.39, 0.29) is 0 Å². The lowest BCUT2D eigenvalue weighted by atomic mass is 10.1. The molecule has 1 aromatic rings. The molecule has 3 nitrogen and oxygen atoms in total. The van der Waals surface area contributed by atoms with Gasteiger partial charge in [0, 0.05) is 24.4 Å². The van der Waals surface area contributed by atoms with Gasteiger partial charge in [0.15, 0.2) is 0 Å². The van der Waals surface area contributed by atoms with Crippen molar-refractivity contribution in [2.24, 2.45) is 0 Å². The summed E-state index contributed by atoms with van der Waals surface area (Å²) in [5.74, 6) is -0.914. The fourth-order valence-corrected chi connectivity index (χ4v) is 2.94. The zero-order valence-corrected chi connectivity index (χ0v) is 18.8. The molecule has 0 bridgehead atoms. The zero-order chi connectivity index (χ0) is 22.4. The molecule has 166 valence electrons. The maximum Gasteiger partial charge on any atom is 0.331 e. The number of carboxylic acid groups (broad SMARTS) is 1. The molecule has 0 saturated carbocycles. The Kier molecular flexibility index (Phi) is 16.0. The van der Waals surface area contributed by atoms with Gasteiger partial charge in [-0.2, -0.15) is 0 Å². The summed E-state index contributed by atoms with van der Waals surface area (Å²) in [5, 5.41) is 9.31. The number of carboxylic acids is 1. The predicted molar refractivity (Wildman–Crippen MR) is 132 cm³/mol. The molecule has 0 amide bonds. The molecule has 1 rings (SSSR count). The Bertz CT molecular complexity index is 767. The SMILES string of the molecule is CCCCCCCCC/C=C/C=C/C=C/C=C/C=C/C=C(\Cc1cccnc1)C(=O)O. The summed E-state index contributed by atoms with van der Waals surface area (Å²) in [7, 11) is 0. The number of rotatable bonds is 16. The molecule has 0 radical (unpaired) electrons. The number of nitrogens with zero attached hydrogens (tertiary/aromatic N) is 1. The summed E-state index contributed by atoms with van der Waals surface area (Å²) < 4.78 is 0. The predicted octanol–water partition coefficient (Wildman–Crippen LogP) is 7.56. The van der Waals surface area contributed by atoms with Gasteiger partial charge < -0.3 is 5.11 Å². The normalized spacial score (nSPS) is 13.0. The second-order valence-electron chi connectivity index (χ2n) is 7.41. The monoisotopic (exact) mass is 419 g/mol. The molecule has 0 aliphatic heterocycles. The van der Waals surface area contributed by atoms with Gasteiger partial charge in [0.25, 0.3) is 0 Å². The highest BCUT2D eigenvalue weighted by atomic mass is 16.4. The van der Waals surface area contributed by atoms with E-state index in [2.05, 4.69) is 24.1 Å². The Morgan fingerprint density at radius 3 is 2.10 bits per heavy atom. The molecular weight excluding hydrogens is 382 g/mol. The van der Waals surface area contributed by atoms with Crippen LogP contribution in [-0.4, -0.2) is 16.1 Å². The third-order valence-corrected chi connectivity index (χ3v) is 4.69. The second kappa shape index (κ2) is 19.0. The first-order valence-electron chi connectivity index (χ1n) is 11.4. The highest BCUT2D eigenvalue weighted by Gasteiger charge is 2.06. The minimum Gasteiger partial charge on any atom is -0.478 e. The summed E-state index contributed by atoms with van der Waals surface area (Å²) in [4.78, 5) is 15.4. The maximum absolute atomic E-state index is 11.4. The third kappa shape index (κ3) is 15.5. The van der Waals surface area contributed by atoms with Crippen molar-refractivity contribution < 1.29 is 9.90 Å². The van der Waals surface area contributed by atoms with Crippen molar-refractivity contribution in [1.29, 1.82) is 0 Å². The molecule has 0 aliphatic carbocycles. The topological polar surface area (TPSA) is 50.2 Å². The lowest BCUT2D eigenvalue weighted by Gasteiger charge is -2.00. The van der Waals surface area contributed by atoms with E-state index in [1.54, 1.807) is 30.6 Å². The molecule has 0 atom stereocenters. The molecule has 0 saturated heterocycles. The Labute approximate surface area is 188 Å². The lowest BCUT2D eigenvalue weighted by molar-refractivity contribution is -0.132. The van der Waals surface area contributed by atoms with Crippen molar-refractivity contribution in [3.05, 3.63) is 102 Å². The van der Waals surface area contributed by atoms with Crippen molar-refractivity contribution in [3.8, 4) is 0 Å². The molecule has 1 heterocycles. The van der Waals surface area contributed by atoms with Crippen LogP contribution in [-0.2, 0) is 11.2 Å². The van der Waals surface area contributed by atoms with Gasteiger partial charge in [-0.15, -0.1) is 0 Å². The molecule has 0 aliphatic rings. The molecule has 1 aromatic heterocycles. The van der Waals surface area contributed by atoms with Crippen LogP contribution in [0.1, 0.15) is 63.9 Å². The van der Waals surface area contributed by atoms with E-state index in [1.807, 2.05) is 48.6 Å². The van der Waals surface area contributed by atoms with Crippen molar-refractivity contribution >= 4 is 5.97 Å². The quantitative estimate of drug-likeness (QED) is 0.171. The fraction of sp³-hybridized carbons (Fsp3) is 0.357. The van der Waals surface area contributed by atoms with E-state index in [9.17, 15) is 9.90 Å². The highest BCUT2D eigenvalue weighted by Crippen LogP contribution is 2.09. The number of hydrogen-bond acceptors (Lipinski definition) is 2. The van der Waals surface area contributed by atoms with Gasteiger partial charge in [-0.25, -0.2) is 4.79 Å². The number of carbonyl (C=O) groups is 1. The first-order chi connectivity index (χ1) is 15.2. The number of pyridine rings is 1. The van der Waals surface area contributed by atoms with Crippen LogP contribution in [0.5, 0.6) is 0 Å². The molecule has 0 fully saturated rings. The van der Waals surface area contributed by atoms with Crippen molar-refractivity contribution in [1.82, 2.24) is 4.98 Å². The molecule has 31 heavy (non-hydrogen) atoms. The Morgan fingerprint density at radius 2 is 1.48 bits per heavy atom. The van der Waals surface area contributed by atoms with Gasteiger partial charge in [-0.3, -0.25) is 4.98 Å². The second-order valence-corrected chi connectivity index (χ2v) is 7.41. The summed E-state index contributed by atoms with van der Waals surface area (Å²) in [5.41, 5.74) is 1.21. The van der Waals surface area contributed by atoms with E-state index in [0.29, 0.717) is 12.0 Å². The summed E-state index contributed by atoms with van der Waals surface area (Å²) in [6.07, 6.45) is 35.6. The Morgan fingerprint density at radius 1 is 0.871 bits per heavy atom. The minimum atomic E-state index is -0.914. The van der Waals surface area contributed by atoms with E-state index in [0.717, 1.165) is 12.0 Å². The van der Waals surface area contributed by atoms with E-state index >= 15 is 0 Å². The van der Waals surface area contributed by atoms with Gasteiger partial charge in [-0.1, -0.05) is 118 Å². The smallest absolute Gasteiger partial charge is 0.331 e. The maximum atomic E-state index is 11.4. The third-order valence-electron chi connectivity index (χ3n) is 4.69. The largest absolute Gasteiger partial charge is 0.478 e. The molecular formula is C28H37NO2. The van der Waals surface area contributed by atoms with Gasteiger partial charge in [0.1, 0.15) is 0 Å². The molecule has 0 unspecified atom stereocenters. The first kappa shape index (κ1) is 26.1. The first-order valence-corrected chi connectivity index (χ1v) is 11.4. The fourth-order valence-electron chi connectivity index (χ4n) is 2.94. The number of hydrogen-bond donors (Lipinski definition) is 1. The number of unbranched alkanes of at least 4 members (excludes halogenated alkanes) is 7. The number of allylic oxidation sites excluding steroid dienone is 11. The lowest BCUT2D eigenvalue weighted by Crippen LogP contribution is -2.03. The van der Waals surface area contributed by atoms with Gasteiger partial charge in [0.2, 0.25) is 0 Å². The highest BCUT2D eigenvalue weighted by molar-refractivity contribution is 5.87. The van der Waals surface area contributed by atoms with E-state index in [1.165, 1.54) is 44.9 Å². The minimum absolute atomic E-state index is 0.333. The van der Waals surface area contributed by atoms with Gasteiger partial charge in [-0.05, 0) is 24.5 Å². The number of aromatic nitrogens is 1.